The van der Waals surface area contributed by atoms with Crippen LogP contribution in [0.25, 0.3) is 0 Å². The monoisotopic (exact) mass is 487 g/mol. The minimum atomic E-state index is -4.65. The molecule has 3 atom stereocenters. The van der Waals surface area contributed by atoms with Gasteiger partial charge in [0.1, 0.15) is 18.8 Å². The number of hydrogen-bond acceptors (Lipinski definition) is 5. The maximum absolute atomic E-state index is 13.2. The Morgan fingerprint density at radius 3 is 2.50 bits per heavy atom. The van der Waals surface area contributed by atoms with Crippen LogP contribution in [0.15, 0.2) is 18.2 Å². The van der Waals surface area contributed by atoms with Gasteiger partial charge in [0.2, 0.25) is 11.8 Å². The topological polar surface area (TPSA) is 88.2 Å². The highest BCUT2D eigenvalue weighted by Crippen LogP contribution is 2.27. The van der Waals surface area contributed by atoms with Crippen LogP contribution in [-0.2, 0) is 14.3 Å². The number of rotatable bonds is 4. The van der Waals surface area contributed by atoms with Crippen LogP contribution in [-0.4, -0.2) is 79.7 Å². The molecule has 0 spiro atoms. The number of likely N-dealkylation sites (N-methyl/N-ethyl adjacent to an activating group) is 1. The average Bonchev–Trinajstić information content (AvgIpc) is 2.76. The lowest BCUT2D eigenvalue weighted by molar-refractivity contribution is -0.150. The van der Waals surface area contributed by atoms with Crippen molar-refractivity contribution in [2.75, 3.05) is 39.2 Å². The Labute approximate surface area is 197 Å². The number of methoxy groups -OCH3 is 1. The molecule has 1 aliphatic heterocycles. The number of ether oxygens (including phenoxy) is 2. The highest BCUT2D eigenvalue weighted by atomic mass is 19.4. The number of nitrogens with zero attached hydrogens (tertiary/aromatic N) is 2. The summed E-state index contributed by atoms with van der Waals surface area (Å²) in [7, 11) is 3.11. The minimum Gasteiger partial charge on any atom is -0.491 e. The zero-order valence-corrected chi connectivity index (χ0v) is 20.1. The Balaban J connectivity index is 2.41. The molecule has 34 heavy (non-hydrogen) atoms. The fraction of sp³-hybridized carbons (Fsp3) is 0.609. The first-order valence-electron chi connectivity index (χ1n) is 11.1. The van der Waals surface area contributed by atoms with Gasteiger partial charge in [-0.3, -0.25) is 14.4 Å². The standard InChI is InChI=1S/C23H32F3N3O5/c1-6-21(31)29-11-14(2)19(33-5)12-28(4)22(32)17-9-16(27-20(30)10-23(24,25)26)7-8-18(17)34-13-15(29)3/h7-9,14-15,19H,6,10-13H2,1-5H3,(H,27,30)/t14-,15-,19-/m0/s1. The van der Waals surface area contributed by atoms with Gasteiger partial charge in [0.25, 0.3) is 5.91 Å². The van der Waals surface area contributed by atoms with E-state index < -0.39 is 24.4 Å². The zero-order chi connectivity index (χ0) is 25.6. The van der Waals surface area contributed by atoms with Gasteiger partial charge >= 0.3 is 6.18 Å². The van der Waals surface area contributed by atoms with Crippen LogP contribution in [0, 0.1) is 5.92 Å². The lowest BCUT2D eigenvalue weighted by Gasteiger charge is -2.36. The second kappa shape index (κ2) is 11.5. The fourth-order valence-electron chi connectivity index (χ4n) is 3.79. The third kappa shape index (κ3) is 7.34. The number of benzene rings is 1. The third-order valence-electron chi connectivity index (χ3n) is 5.71. The molecule has 2 rings (SSSR count). The van der Waals surface area contributed by atoms with E-state index in [-0.39, 0.29) is 54.1 Å². The molecular formula is C23H32F3N3O5. The SMILES string of the molecule is CCC(=O)N1C[C@H](C)[C@@H](OC)CN(C)C(=O)c2cc(NC(=O)CC(F)(F)F)ccc2OC[C@@H]1C. The van der Waals surface area contributed by atoms with Gasteiger partial charge in [0.15, 0.2) is 0 Å². The van der Waals surface area contributed by atoms with Crippen molar-refractivity contribution < 1.29 is 37.0 Å². The third-order valence-corrected chi connectivity index (χ3v) is 5.71. The first-order valence-corrected chi connectivity index (χ1v) is 11.1. The van der Waals surface area contributed by atoms with Crippen LogP contribution in [0.4, 0.5) is 18.9 Å². The van der Waals surface area contributed by atoms with E-state index in [0.29, 0.717) is 13.0 Å². The first kappa shape index (κ1) is 27.4. The van der Waals surface area contributed by atoms with Gasteiger partial charge in [-0.1, -0.05) is 13.8 Å². The number of fused-ring (bicyclic) bond motifs is 1. The number of halogens is 3. The van der Waals surface area contributed by atoms with Crippen LogP contribution >= 0.6 is 0 Å². The molecule has 190 valence electrons. The molecule has 0 saturated heterocycles. The minimum absolute atomic E-state index is 0.0396. The summed E-state index contributed by atoms with van der Waals surface area (Å²) in [5, 5.41) is 2.17. The molecular weight excluding hydrogens is 455 g/mol. The normalized spacial score (nSPS) is 22.2. The summed E-state index contributed by atoms with van der Waals surface area (Å²) in [5.74, 6) is -1.61. The van der Waals surface area contributed by atoms with Crippen molar-refractivity contribution >= 4 is 23.4 Å². The molecule has 0 fully saturated rings. The summed E-state index contributed by atoms with van der Waals surface area (Å²) in [6.07, 6.45) is -6.33. The molecule has 11 heteroatoms. The largest absolute Gasteiger partial charge is 0.491 e. The quantitative estimate of drug-likeness (QED) is 0.704. The molecule has 1 heterocycles. The highest BCUT2D eigenvalue weighted by Gasteiger charge is 2.32. The second-order valence-corrected chi connectivity index (χ2v) is 8.55. The molecule has 0 unspecified atom stereocenters. The molecule has 0 radical (unpaired) electrons. The van der Waals surface area contributed by atoms with Crippen molar-refractivity contribution in [3.63, 3.8) is 0 Å². The molecule has 0 bridgehead atoms. The summed E-state index contributed by atoms with van der Waals surface area (Å²) in [6, 6.07) is 3.77. The van der Waals surface area contributed by atoms with E-state index in [0.717, 1.165) is 0 Å². The van der Waals surface area contributed by atoms with E-state index in [2.05, 4.69) is 5.32 Å². The molecule has 0 saturated carbocycles. The van der Waals surface area contributed by atoms with E-state index in [1.807, 2.05) is 13.8 Å². The summed E-state index contributed by atoms with van der Waals surface area (Å²) >= 11 is 0. The van der Waals surface area contributed by atoms with Crippen molar-refractivity contribution in [3.05, 3.63) is 23.8 Å². The molecule has 1 aliphatic rings. The number of amides is 3. The fourth-order valence-corrected chi connectivity index (χ4v) is 3.79. The molecule has 8 nitrogen and oxygen atoms in total. The Morgan fingerprint density at radius 2 is 1.91 bits per heavy atom. The van der Waals surface area contributed by atoms with Crippen molar-refractivity contribution in [1.29, 1.82) is 0 Å². The second-order valence-electron chi connectivity index (χ2n) is 8.55. The van der Waals surface area contributed by atoms with Crippen LogP contribution in [0.2, 0.25) is 0 Å². The van der Waals surface area contributed by atoms with Crippen molar-refractivity contribution in [1.82, 2.24) is 9.80 Å². The van der Waals surface area contributed by atoms with Gasteiger partial charge in [0.05, 0.1) is 17.7 Å². The van der Waals surface area contributed by atoms with E-state index in [1.165, 1.54) is 30.2 Å². The Bertz CT molecular complexity index is 893. The average molecular weight is 488 g/mol. The molecule has 0 aliphatic carbocycles. The Morgan fingerprint density at radius 1 is 1.24 bits per heavy atom. The molecule has 1 aromatic carbocycles. The van der Waals surface area contributed by atoms with E-state index in [9.17, 15) is 27.6 Å². The number of carbonyl (C=O) groups excluding carboxylic acids is 3. The van der Waals surface area contributed by atoms with E-state index in [4.69, 9.17) is 9.47 Å². The van der Waals surface area contributed by atoms with Crippen LogP contribution in [0.1, 0.15) is 44.0 Å². The number of nitrogens with one attached hydrogen (secondary N) is 1. The maximum Gasteiger partial charge on any atom is 0.397 e. The number of anilines is 1. The predicted octanol–water partition coefficient (Wildman–Crippen LogP) is 3.32. The van der Waals surface area contributed by atoms with Crippen LogP contribution in [0.5, 0.6) is 5.75 Å². The zero-order valence-electron chi connectivity index (χ0n) is 20.1. The summed E-state index contributed by atoms with van der Waals surface area (Å²) in [6.45, 7) is 6.29. The lowest BCUT2D eigenvalue weighted by atomic mass is 10.0. The molecule has 1 N–H and O–H groups in total. The van der Waals surface area contributed by atoms with Crippen molar-refractivity contribution in [2.45, 2.75) is 51.9 Å². The van der Waals surface area contributed by atoms with Crippen molar-refractivity contribution in [2.24, 2.45) is 5.92 Å². The number of carbonyl (C=O) groups is 3. The van der Waals surface area contributed by atoms with Gasteiger partial charge in [-0.25, -0.2) is 0 Å². The maximum atomic E-state index is 13.2. The van der Waals surface area contributed by atoms with E-state index >= 15 is 0 Å². The predicted molar refractivity (Wildman–Crippen MR) is 120 cm³/mol. The number of hydrogen-bond donors (Lipinski definition) is 1. The van der Waals surface area contributed by atoms with Gasteiger partial charge in [-0.2, -0.15) is 13.2 Å². The van der Waals surface area contributed by atoms with Crippen LogP contribution in [0.3, 0.4) is 0 Å². The van der Waals surface area contributed by atoms with Gasteiger partial charge in [-0.15, -0.1) is 0 Å². The number of alkyl halides is 3. The summed E-state index contributed by atoms with van der Waals surface area (Å²) < 4.78 is 49.0. The molecule has 3 amide bonds. The highest BCUT2D eigenvalue weighted by molar-refractivity contribution is 5.99. The Hall–Kier alpha value is -2.82. The van der Waals surface area contributed by atoms with Gasteiger partial charge < -0.3 is 24.6 Å². The van der Waals surface area contributed by atoms with E-state index in [1.54, 1.807) is 18.9 Å². The van der Waals surface area contributed by atoms with Gasteiger partial charge in [-0.05, 0) is 25.1 Å². The lowest BCUT2D eigenvalue weighted by Crippen LogP contribution is -2.48. The Kier molecular flexibility index (Phi) is 9.31. The first-order chi connectivity index (χ1) is 15.9. The molecule has 1 aromatic rings. The van der Waals surface area contributed by atoms with Crippen molar-refractivity contribution in [3.8, 4) is 5.75 Å². The molecule has 0 aromatic heterocycles. The smallest absolute Gasteiger partial charge is 0.397 e. The van der Waals surface area contributed by atoms with Gasteiger partial charge in [0, 0.05) is 45.3 Å². The summed E-state index contributed by atoms with van der Waals surface area (Å²) in [5.41, 5.74) is 0.119. The van der Waals surface area contributed by atoms with Crippen LogP contribution < -0.4 is 10.1 Å². The summed E-state index contributed by atoms with van der Waals surface area (Å²) in [4.78, 5) is 40.7.